The zero-order valence-electron chi connectivity index (χ0n) is 25.3. The maximum absolute atomic E-state index is 16.7. The molecule has 0 saturated carbocycles. The summed E-state index contributed by atoms with van der Waals surface area (Å²) in [7, 11) is -3.71. The predicted octanol–water partition coefficient (Wildman–Crippen LogP) is 5.68. The largest absolute Gasteiger partial charge is 0.508 e. The van der Waals surface area contributed by atoms with Crippen LogP contribution < -0.4 is 9.64 Å². The highest BCUT2D eigenvalue weighted by atomic mass is 35.5. The molecule has 0 bridgehead atoms. The molecular formula is C32H32ClF3N6O4S. The van der Waals surface area contributed by atoms with Gasteiger partial charge in [0, 0.05) is 49.9 Å². The first-order chi connectivity index (χ1) is 22.5. The van der Waals surface area contributed by atoms with E-state index in [1.54, 1.807) is 0 Å². The van der Waals surface area contributed by atoms with Crippen molar-refractivity contribution in [3.63, 3.8) is 0 Å². The highest BCUT2D eigenvalue weighted by Gasteiger charge is 2.49. The van der Waals surface area contributed by atoms with Crippen LogP contribution in [0.5, 0.6) is 11.8 Å². The van der Waals surface area contributed by atoms with E-state index >= 15 is 4.39 Å². The van der Waals surface area contributed by atoms with E-state index in [4.69, 9.17) is 16.3 Å². The molecule has 1 N–H and O–H groups in total. The average molecular weight is 689 g/mol. The van der Waals surface area contributed by atoms with Gasteiger partial charge in [-0.15, -0.1) is 0 Å². The summed E-state index contributed by atoms with van der Waals surface area (Å²) in [4.78, 5) is 17.5. The molecule has 0 radical (unpaired) electrons. The third-order valence-electron chi connectivity index (χ3n) is 9.58. The molecule has 10 nitrogen and oxygen atoms in total. The number of ether oxygens (including phenoxy) is 1. The van der Waals surface area contributed by atoms with Gasteiger partial charge in [0.1, 0.15) is 41.4 Å². The highest BCUT2D eigenvalue weighted by molar-refractivity contribution is 7.90. The number of aromatic nitrogens is 3. The monoisotopic (exact) mass is 688 g/mol. The number of sulfonamides is 1. The topological polar surface area (TPSA) is 121 Å². The second-order valence-electron chi connectivity index (χ2n) is 12.7. The lowest BCUT2D eigenvalue weighted by Crippen LogP contribution is -2.43. The van der Waals surface area contributed by atoms with Crippen molar-refractivity contribution in [1.82, 2.24) is 19.9 Å². The van der Waals surface area contributed by atoms with Crippen LogP contribution in [0.3, 0.4) is 0 Å². The van der Waals surface area contributed by atoms with Crippen molar-refractivity contribution in [3.8, 4) is 23.0 Å². The first-order valence-corrected chi connectivity index (χ1v) is 17.4. The molecule has 47 heavy (non-hydrogen) atoms. The maximum atomic E-state index is 16.7. The molecule has 2 aromatic carbocycles. The third kappa shape index (κ3) is 5.84. The Labute approximate surface area is 274 Å². The van der Waals surface area contributed by atoms with Crippen molar-refractivity contribution in [2.75, 3.05) is 43.4 Å². The Morgan fingerprint density at radius 1 is 1.17 bits per heavy atom. The maximum Gasteiger partial charge on any atom is 0.319 e. The van der Waals surface area contributed by atoms with E-state index < -0.39 is 33.4 Å². The summed E-state index contributed by atoms with van der Waals surface area (Å²) < 4.78 is 79.7. The van der Waals surface area contributed by atoms with Crippen molar-refractivity contribution in [2.45, 2.75) is 43.8 Å². The number of pyridine rings is 1. The molecule has 3 aliphatic rings. The van der Waals surface area contributed by atoms with Gasteiger partial charge in [-0.1, -0.05) is 17.7 Å². The summed E-state index contributed by atoms with van der Waals surface area (Å²) in [5.74, 6) is -1.97. The van der Waals surface area contributed by atoms with Crippen LogP contribution >= 0.6 is 11.6 Å². The fourth-order valence-electron chi connectivity index (χ4n) is 7.47. The Hall–Kier alpha value is -3.75. The molecule has 3 saturated heterocycles. The number of anilines is 1. The SMILES string of the molecule is C=NS(=O)(=O)CC1CCCN(c2nc(OC[C@@]34CCCN3C[C@H](F)C4)nc3c(F)c(-c4cc(O)cc5ccc(F)c(Cl)c45)ncc23)C1. The van der Waals surface area contributed by atoms with Gasteiger partial charge >= 0.3 is 6.01 Å². The van der Waals surface area contributed by atoms with Crippen molar-refractivity contribution >= 4 is 55.8 Å². The minimum atomic E-state index is -3.71. The minimum Gasteiger partial charge on any atom is -0.508 e. The summed E-state index contributed by atoms with van der Waals surface area (Å²) in [6.07, 6.45) is 3.67. The molecule has 5 heterocycles. The zero-order chi connectivity index (χ0) is 33.1. The molecule has 7 rings (SSSR count). The predicted molar refractivity (Wildman–Crippen MR) is 174 cm³/mol. The number of hydrogen-bond acceptors (Lipinski definition) is 9. The number of alkyl halides is 1. The first-order valence-electron chi connectivity index (χ1n) is 15.4. The van der Waals surface area contributed by atoms with Crippen LogP contribution in [0.4, 0.5) is 19.0 Å². The molecular weight excluding hydrogens is 657 g/mol. The van der Waals surface area contributed by atoms with Gasteiger partial charge in [-0.3, -0.25) is 9.88 Å². The number of halogens is 4. The van der Waals surface area contributed by atoms with Gasteiger partial charge < -0.3 is 14.7 Å². The minimum absolute atomic E-state index is 0.0622. The number of phenols is 1. The van der Waals surface area contributed by atoms with Gasteiger partial charge in [0.05, 0.1) is 21.7 Å². The standard InChI is InChI=1S/C32H32ClF3N6O4S/c1-37-47(44,45)16-18-4-2-8-41(14-18)30-23-13-38-28(22-11-21(43)10-19-5-6-24(35)26(33)25(19)22)27(36)29(23)39-31(40-30)46-17-32-7-3-9-42(32)15-20(34)12-32/h5-6,10-11,13,18,20,43H,1-4,7-9,12,14-17H2/t18?,20-,32+/m1/s1. The molecule has 248 valence electrons. The molecule has 1 unspecified atom stereocenters. The van der Waals surface area contributed by atoms with Crippen molar-refractivity contribution in [1.29, 1.82) is 0 Å². The van der Waals surface area contributed by atoms with Gasteiger partial charge in [0.25, 0.3) is 10.0 Å². The van der Waals surface area contributed by atoms with Crippen LogP contribution in [0.25, 0.3) is 32.9 Å². The van der Waals surface area contributed by atoms with Gasteiger partial charge in [-0.2, -0.15) is 14.4 Å². The van der Waals surface area contributed by atoms with Crippen LogP contribution in [-0.4, -0.2) is 90.3 Å². The van der Waals surface area contributed by atoms with E-state index in [2.05, 4.69) is 31.0 Å². The second-order valence-corrected chi connectivity index (χ2v) is 14.8. The van der Waals surface area contributed by atoms with Gasteiger partial charge in [-0.05, 0) is 61.7 Å². The number of piperidine rings is 1. The summed E-state index contributed by atoms with van der Waals surface area (Å²) in [5.41, 5.74) is -0.814. The Bertz CT molecular complexity index is 2020. The van der Waals surface area contributed by atoms with Crippen LogP contribution in [0.15, 0.2) is 34.9 Å². The second kappa shape index (κ2) is 12.0. The summed E-state index contributed by atoms with van der Waals surface area (Å²) in [6.45, 7) is 5.16. The van der Waals surface area contributed by atoms with E-state index in [9.17, 15) is 22.3 Å². The number of benzene rings is 2. The summed E-state index contributed by atoms with van der Waals surface area (Å²) in [5, 5.41) is 11.0. The highest BCUT2D eigenvalue weighted by Crippen LogP contribution is 2.42. The number of aromatic hydroxyl groups is 1. The van der Waals surface area contributed by atoms with Gasteiger partial charge in [0.15, 0.2) is 5.82 Å². The van der Waals surface area contributed by atoms with E-state index in [1.165, 1.54) is 24.4 Å². The fourth-order valence-corrected chi connectivity index (χ4v) is 8.72. The Kier molecular flexibility index (Phi) is 8.16. The van der Waals surface area contributed by atoms with Gasteiger partial charge in [-0.25, -0.2) is 21.6 Å². The smallest absolute Gasteiger partial charge is 0.319 e. The summed E-state index contributed by atoms with van der Waals surface area (Å²) in [6, 6.07) is 5.11. The molecule has 2 aromatic heterocycles. The quantitative estimate of drug-likeness (QED) is 0.233. The van der Waals surface area contributed by atoms with Crippen molar-refractivity contribution in [3.05, 3.63) is 47.1 Å². The Balaban J connectivity index is 1.35. The van der Waals surface area contributed by atoms with Crippen molar-refractivity contribution in [2.24, 2.45) is 10.3 Å². The zero-order valence-corrected chi connectivity index (χ0v) is 26.9. The first kappa shape index (κ1) is 31.8. The number of hydrogen-bond donors (Lipinski definition) is 1. The van der Waals surface area contributed by atoms with Crippen LogP contribution in [0, 0.1) is 17.6 Å². The van der Waals surface area contributed by atoms with E-state index in [0.717, 1.165) is 25.5 Å². The summed E-state index contributed by atoms with van der Waals surface area (Å²) >= 11 is 6.34. The van der Waals surface area contributed by atoms with Crippen LogP contribution in [0.2, 0.25) is 5.02 Å². The molecule has 4 aromatic rings. The lowest BCUT2D eigenvalue weighted by atomic mass is 9.95. The lowest BCUT2D eigenvalue weighted by Gasteiger charge is -2.34. The van der Waals surface area contributed by atoms with Crippen molar-refractivity contribution < 1.29 is 31.4 Å². The molecule has 0 aliphatic carbocycles. The number of fused-ring (bicyclic) bond motifs is 3. The molecule has 0 amide bonds. The molecule has 3 atom stereocenters. The number of nitrogens with zero attached hydrogens (tertiary/aromatic N) is 6. The van der Waals surface area contributed by atoms with Crippen LogP contribution in [0.1, 0.15) is 32.1 Å². The number of rotatable bonds is 8. The van der Waals surface area contributed by atoms with Crippen LogP contribution in [-0.2, 0) is 10.0 Å². The van der Waals surface area contributed by atoms with E-state index in [-0.39, 0.29) is 69.2 Å². The Morgan fingerprint density at radius 3 is 2.81 bits per heavy atom. The van der Waals surface area contributed by atoms with Gasteiger partial charge in [0.2, 0.25) is 0 Å². The van der Waals surface area contributed by atoms with E-state index in [1.807, 2.05) is 4.90 Å². The van der Waals surface area contributed by atoms with E-state index in [0.29, 0.717) is 43.6 Å². The lowest BCUT2D eigenvalue weighted by molar-refractivity contribution is 0.107. The number of phenolic OH excluding ortho intramolecular Hbond substituents is 1. The molecule has 3 aliphatic heterocycles. The molecule has 0 spiro atoms. The average Bonchev–Trinajstić information content (AvgIpc) is 3.57. The molecule has 3 fully saturated rings. The third-order valence-corrected chi connectivity index (χ3v) is 11.2. The normalized spacial score (nSPS) is 23.4. The molecule has 15 heteroatoms. The Morgan fingerprint density at radius 2 is 2.00 bits per heavy atom. The fraction of sp³-hybridized carbons (Fsp3) is 0.438.